The van der Waals surface area contributed by atoms with E-state index < -0.39 is 5.97 Å². The number of carbonyl (C=O) groups excluding carboxylic acids is 1. The second-order valence-electron chi connectivity index (χ2n) is 7.97. The lowest BCUT2D eigenvalue weighted by molar-refractivity contribution is -0.131. The van der Waals surface area contributed by atoms with Gasteiger partial charge in [-0.1, -0.05) is 30.3 Å². The van der Waals surface area contributed by atoms with Gasteiger partial charge >= 0.3 is 5.97 Å². The number of rotatable bonds is 7. The Labute approximate surface area is 202 Å². The summed E-state index contributed by atoms with van der Waals surface area (Å²) in [5, 5.41) is 1.52. The van der Waals surface area contributed by atoms with Crippen molar-refractivity contribution < 1.29 is 33.2 Å². The molecule has 4 aromatic carbocycles. The van der Waals surface area contributed by atoms with E-state index in [1.54, 1.807) is 26.4 Å². The summed E-state index contributed by atoms with van der Waals surface area (Å²) in [6, 6.07) is 21.0. The number of hydrogen-bond acceptors (Lipinski definition) is 7. The highest BCUT2D eigenvalue weighted by Gasteiger charge is 2.21. The first-order valence-corrected chi connectivity index (χ1v) is 11.0. The fraction of sp³-hybridized carbons (Fsp3) is 0.179. The smallest absolute Gasteiger partial charge is 0.308 e. The van der Waals surface area contributed by atoms with Gasteiger partial charge in [0.2, 0.25) is 6.79 Å². The number of carbonyl (C=O) groups is 1. The summed E-state index contributed by atoms with van der Waals surface area (Å²) in [6.45, 7) is 1.90. The Morgan fingerprint density at radius 3 is 2.29 bits per heavy atom. The first kappa shape index (κ1) is 22.4. The molecule has 0 atom stereocenters. The van der Waals surface area contributed by atoms with Gasteiger partial charge in [-0.25, -0.2) is 0 Å². The Morgan fingerprint density at radius 1 is 0.829 bits per heavy atom. The molecule has 0 amide bonds. The molecular formula is C28H24O7. The molecule has 7 nitrogen and oxygen atoms in total. The van der Waals surface area contributed by atoms with Crippen LogP contribution in [0.15, 0.2) is 66.7 Å². The Balaban J connectivity index is 1.62. The lowest BCUT2D eigenvalue weighted by atomic mass is 9.98. The van der Waals surface area contributed by atoms with Crippen LogP contribution < -0.4 is 28.4 Å². The molecule has 0 saturated heterocycles. The van der Waals surface area contributed by atoms with E-state index in [0.717, 1.165) is 22.1 Å². The highest BCUT2D eigenvalue weighted by atomic mass is 16.7. The van der Waals surface area contributed by atoms with E-state index in [2.05, 4.69) is 0 Å². The van der Waals surface area contributed by atoms with Crippen LogP contribution in [0.25, 0.3) is 21.9 Å². The molecule has 1 aliphatic heterocycles. The fourth-order valence-corrected chi connectivity index (χ4v) is 4.06. The molecule has 1 heterocycles. The van der Waals surface area contributed by atoms with E-state index in [1.807, 2.05) is 54.6 Å². The molecule has 1 aliphatic rings. The van der Waals surface area contributed by atoms with Crippen LogP contribution in [0, 0.1) is 0 Å². The van der Waals surface area contributed by atoms with Gasteiger partial charge in [0.15, 0.2) is 23.0 Å². The van der Waals surface area contributed by atoms with Gasteiger partial charge in [-0.05, 0) is 46.8 Å². The average molecular weight is 472 g/mol. The Bertz CT molecular complexity index is 1400. The van der Waals surface area contributed by atoms with Crippen molar-refractivity contribution in [3.8, 4) is 45.6 Å². The molecule has 0 N–H and O–H groups in total. The van der Waals surface area contributed by atoms with Crippen LogP contribution >= 0.6 is 0 Å². The summed E-state index contributed by atoms with van der Waals surface area (Å²) in [5.74, 6) is 2.94. The van der Waals surface area contributed by atoms with Crippen LogP contribution in [0.3, 0.4) is 0 Å². The number of fused-ring (bicyclic) bond motifs is 2. The van der Waals surface area contributed by atoms with Crippen molar-refractivity contribution in [2.45, 2.75) is 13.5 Å². The molecule has 5 rings (SSSR count). The molecule has 0 fully saturated rings. The normalized spacial score (nSPS) is 11.9. The van der Waals surface area contributed by atoms with Crippen molar-refractivity contribution in [3.05, 3.63) is 72.3 Å². The molecule has 0 spiro atoms. The van der Waals surface area contributed by atoms with Gasteiger partial charge in [0.25, 0.3) is 0 Å². The number of hydrogen-bond donors (Lipinski definition) is 0. The van der Waals surface area contributed by atoms with Crippen molar-refractivity contribution in [1.82, 2.24) is 0 Å². The minimum Gasteiger partial charge on any atom is -0.496 e. The van der Waals surface area contributed by atoms with Gasteiger partial charge in [-0.2, -0.15) is 0 Å². The Kier molecular flexibility index (Phi) is 6.06. The molecule has 0 aromatic heterocycles. The van der Waals surface area contributed by atoms with Gasteiger partial charge in [0.05, 0.1) is 14.2 Å². The van der Waals surface area contributed by atoms with Gasteiger partial charge in [0, 0.05) is 23.9 Å². The number of methoxy groups -OCH3 is 2. The zero-order valence-electron chi connectivity index (χ0n) is 19.6. The number of ether oxygens (including phenoxy) is 6. The molecule has 4 aromatic rings. The quantitative estimate of drug-likeness (QED) is 0.250. The first-order valence-electron chi connectivity index (χ1n) is 11.0. The zero-order valence-corrected chi connectivity index (χ0v) is 19.6. The molecule has 7 heteroatoms. The molecule has 178 valence electrons. The van der Waals surface area contributed by atoms with E-state index in [-0.39, 0.29) is 6.79 Å². The largest absolute Gasteiger partial charge is 0.496 e. The highest BCUT2D eigenvalue weighted by molar-refractivity contribution is 5.97. The summed E-state index contributed by atoms with van der Waals surface area (Å²) in [6.07, 6.45) is 0. The summed E-state index contributed by atoms with van der Waals surface area (Å²) in [5.41, 5.74) is 2.58. The van der Waals surface area contributed by atoms with E-state index in [9.17, 15) is 4.79 Å². The highest BCUT2D eigenvalue weighted by Crippen LogP contribution is 2.45. The minimum atomic E-state index is -0.427. The lowest BCUT2D eigenvalue weighted by Gasteiger charge is -2.16. The summed E-state index contributed by atoms with van der Waals surface area (Å²) < 4.78 is 33.9. The number of esters is 1. The molecular weight excluding hydrogens is 448 g/mol. The van der Waals surface area contributed by atoms with Crippen molar-refractivity contribution in [1.29, 1.82) is 0 Å². The van der Waals surface area contributed by atoms with Crippen molar-refractivity contribution >= 4 is 16.7 Å². The predicted molar refractivity (Wildman–Crippen MR) is 131 cm³/mol. The Hall–Kier alpha value is -4.39. The SMILES string of the molecule is COc1cc2cc(-c3cc4c(cc3OC)OCO4)cc(OC(C)=O)c2cc1OCc1ccccc1. The molecule has 35 heavy (non-hydrogen) atoms. The van der Waals surface area contributed by atoms with Gasteiger partial charge in [0.1, 0.15) is 18.1 Å². The maximum atomic E-state index is 12.0. The first-order chi connectivity index (χ1) is 17.1. The van der Waals surface area contributed by atoms with E-state index in [1.165, 1.54) is 6.92 Å². The lowest BCUT2D eigenvalue weighted by Crippen LogP contribution is -2.03. The second kappa shape index (κ2) is 9.46. The van der Waals surface area contributed by atoms with Crippen LogP contribution in [-0.4, -0.2) is 27.0 Å². The third kappa shape index (κ3) is 4.53. The van der Waals surface area contributed by atoms with Gasteiger partial charge in [-0.3, -0.25) is 4.79 Å². The number of benzene rings is 4. The fourth-order valence-electron chi connectivity index (χ4n) is 4.06. The standard InChI is InChI=1S/C28H24O7/c1-17(29)35-24-10-19(21-12-27-28(34-16-33-27)14-23(21)30-2)9-20-11-25(31-3)26(13-22(20)24)32-15-18-7-5-4-6-8-18/h4-14H,15-16H2,1-3H3. The molecule has 0 bridgehead atoms. The molecule has 0 aliphatic carbocycles. The third-order valence-electron chi connectivity index (χ3n) is 5.70. The minimum absolute atomic E-state index is 0.154. The molecule has 0 radical (unpaired) electrons. The van der Waals surface area contributed by atoms with Gasteiger partial charge < -0.3 is 28.4 Å². The monoisotopic (exact) mass is 472 g/mol. The van der Waals surface area contributed by atoms with Crippen LogP contribution in [0.5, 0.6) is 34.5 Å². The van der Waals surface area contributed by atoms with Crippen LogP contribution in [0.4, 0.5) is 0 Å². The zero-order chi connectivity index (χ0) is 24.4. The van der Waals surface area contributed by atoms with Crippen molar-refractivity contribution in [3.63, 3.8) is 0 Å². The van der Waals surface area contributed by atoms with Crippen molar-refractivity contribution in [2.75, 3.05) is 21.0 Å². The van der Waals surface area contributed by atoms with E-state index >= 15 is 0 Å². The molecule has 0 unspecified atom stereocenters. The van der Waals surface area contributed by atoms with Crippen LogP contribution in [-0.2, 0) is 11.4 Å². The maximum absolute atomic E-state index is 12.0. The average Bonchev–Trinajstić information content (AvgIpc) is 3.34. The molecule has 0 saturated carbocycles. The summed E-state index contributed by atoms with van der Waals surface area (Å²) >= 11 is 0. The predicted octanol–water partition coefficient (Wildman–Crippen LogP) is 5.76. The maximum Gasteiger partial charge on any atom is 0.308 e. The van der Waals surface area contributed by atoms with E-state index in [0.29, 0.717) is 46.5 Å². The van der Waals surface area contributed by atoms with Crippen LogP contribution in [0.2, 0.25) is 0 Å². The van der Waals surface area contributed by atoms with Crippen molar-refractivity contribution in [2.24, 2.45) is 0 Å². The topological polar surface area (TPSA) is 72.5 Å². The third-order valence-corrected chi connectivity index (χ3v) is 5.70. The van der Waals surface area contributed by atoms with Crippen LogP contribution in [0.1, 0.15) is 12.5 Å². The summed E-state index contributed by atoms with van der Waals surface area (Å²) in [7, 11) is 3.18. The second-order valence-corrected chi connectivity index (χ2v) is 7.97. The van der Waals surface area contributed by atoms with E-state index in [4.69, 9.17) is 28.4 Å². The Morgan fingerprint density at radius 2 is 1.57 bits per heavy atom. The van der Waals surface area contributed by atoms with Gasteiger partial charge in [-0.15, -0.1) is 0 Å². The summed E-state index contributed by atoms with van der Waals surface area (Å²) in [4.78, 5) is 12.0.